The molecule has 20 heavy (non-hydrogen) atoms. The molecule has 0 radical (unpaired) electrons. The third kappa shape index (κ3) is 3.36. The molecule has 110 valence electrons. The van der Waals surface area contributed by atoms with Crippen molar-refractivity contribution in [1.29, 1.82) is 0 Å². The molecule has 1 N–H and O–H groups in total. The predicted molar refractivity (Wildman–Crippen MR) is 83.1 cm³/mol. The van der Waals surface area contributed by atoms with E-state index >= 15 is 0 Å². The summed E-state index contributed by atoms with van der Waals surface area (Å²) in [6.07, 6.45) is 2.21. The molecule has 3 nitrogen and oxygen atoms in total. The summed E-state index contributed by atoms with van der Waals surface area (Å²) in [5, 5.41) is 3.25. The van der Waals surface area contributed by atoms with E-state index in [0.29, 0.717) is 12.5 Å². The number of rotatable bonds is 7. The van der Waals surface area contributed by atoms with Gasteiger partial charge < -0.3 is 10.1 Å². The lowest BCUT2D eigenvalue weighted by Crippen LogP contribution is -2.55. The summed E-state index contributed by atoms with van der Waals surface area (Å²) >= 11 is 1.72. The van der Waals surface area contributed by atoms with Crippen LogP contribution in [-0.4, -0.2) is 30.9 Å². The fourth-order valence-corrected chi connectivity index (χ4v) is 3.61. The Morgan fingerprint density at radius 2 is 2.05 bits per heavy atom. The lowest BCUT2D eigenvalue weighted by molar-refractivity contribution is -0.150. The number of ether oxygens (including phenoxy) is 1. The number of carbonyl (C=O) groups is 1. The standard InChI is InChI=1S/C16H23NO2S/c1-4-19-15(18)16(17-3,13-7-8-13)11-20-14-9-5-12(2)6-10-14/h5-6,9-10,13,17H,4,7-8,11H2,1-3H3. The maximum Gasteiger partial charge on any atom is 0.327 e. The summed E-state index contributed by atoms with van der Waals surface area (Å²) < 4.78 is 5.29. The average molecular weight is 293 g/mol. The van der Waals surface area contributed by atoms with Crippen LogP contribution in [0.5, 0.6) is 0 Å². The summed E-state index contributed by atoms with van der Waals surface area (Å²) in [6.45, 7) is 4.37. The number of esters is 1. The van der Waals surface area contributed by atoms with E-state index in [2.05, 4.69) is 36.5 Å². The molecule has 1 fully saturated rings. The van der Waals surface area contributed by atoms with Crippen molar-refractivity contribution in [3.05, 3.63) is 29.8 Å². The lowest BCUT2D eigenvalue weighted by atomic mass is 9.96. The van der Waals surface area contributed by atoms with E-state index in [9.17, 15) is 4.79 Å². The summed E-state index contributed by atoms with van der Waals surface area (Å²) in [5.74, 6) is 1.02. The van der Waals surface area contributed by atoms with Crippen molar-refractivity contribution in [1.82, 2.24) is 5.32 Å². The molecule has 1 aromatic carbocycles. The molecule has 0 spiro atoms. The van der Waals surface area contributed by atoms with Crippen LogP contribution in [-0.2, 0) is 9.53 Å². The highest BCUT2D eigenvalue weighted by molar-refractivity contribution is 7.99. The van der Waals surface area contributed by atoms with Crippen LogP contribution in [0.4, 0.5) is 0 Å². The van der Waals surface area contributed by atoms with Crippen LogP contribution in [0, 0.1) is 12.8 Å². The van der Waals surface area contributed by atoms with Crippen molar-refractivity contribution >= 4 is 17.7 Å². The topological polar surface area (TPSA) is 38.3 Å². The number of benzene rings is 1. The second kappa shape index (κ2) is 6.64. The zero-order valence-electron chi connectivity index (χ0n) is 12.4. The Morgan fingerprint density at radius 1 is 1.40 bits per heavy atom. The average Bonchev–Trinajstić information content (AvgIpc) is 3.27. The number of hydrogen-bond donors (Lipinski definition) is 1. The minimum atomic E-state index is -0.536. The molecule has 0 saturated heterocycles. The van der Waals surface area contributed by atoms with Crippen LogP contribution >= 0.6 is 11.8 Å². The van der Waals surface area contributed by atoms with Crippen LogP contribution in [0.3, 0.4) is 0 Å². The molecule has 2 rings (SSSR count). The van der Waals surface area contributed by atoms with Gasteiger partial charge in [0.15, 0.2) is 0 Å². The van der Waals surface area contributed by atoms with Crippen molar-refractivity contribution in [3.8, 4) is 0 Å². The van der Waals surface area contributed by atoms with Crippen molar-refractivity contribution in [2.75, 3.05) is 19.4 Å². The number of likely N-dealkylation sites (N-methyl/N-ethyl adjacent to an activating group) is 1. The quantitative estimate of drug-likeness (QED) is 0.619. The summed E-state index contributed by atoms with van der Waals surface area (Å²) in [5.41, 5.74) is 0.716. The lowest BCUT2D eigenvalue weighted by Gasteiger charge is -2.31. The molecule has 4 heteroatoms. The Labute approximate surface area is 125 Å². The Morgan fingerprint density at radius 3 is 2.55 bits per heavy atom. The van der Waals surface area contributed by atoms with E-state index in [1.165, 1.54) is 10.5 Å². The molecule has 0 heterocycles. The van der Waals surface area contributed by atoms with Gasteiger partial charge in [-0.15, -0.1) is 11.8 Å². The van der Waals surface area contributed by atoms with E-state index < -0.39 is 5.54 Å². The first kappa shape index (κ1) is 15.4. The molecule has 1 aliphatic carbocycles. The molecule has 1 aromatic rings. The van der Waals surface area contributed by atoms with E-state index in [1.807, 2.05) is 14.0 Å². The van der Waals surface area contributed by atoms with Crippen molar-refractivity contribution in [2.24, 2.45) is 5.92 Å². The maximum atomic E-state index is 12.4. The molecule has 1 atom stereocenters. The van der Waals surface area contributed by atoms with Crippen molar-refractivity contribution in [3.63, 3.8) is 0 Å². The zero-order chi connectivity index (χ0) is 14.6. The fourth-order valence-electron chi connectivity index (χ4n) is 2.39. The Bertz CT molecular complexity index is 456. The summed E-state index contributed by atoms with van der Waals surface area (Å²) in [4.78, 5) is 13.5. The van der Waals surface area contributed by atoms with Crippen LogP contribution in [0.2, 0.25) is 0 Å². The Balaban J connectivity index is 2.07. The first-order chi connectivity index (χ1) is 9.62. The van der Waals surface area contributed by atoms with Gasteiger partial charge >= 0.3 is 5.97 Å². The summed E-state index contributed by atoms with van der Waals surface area (Å²) in [7, 11) is 1.87. The van der Waals surface area contributed by atoms with Gasteiger partial charge in [-0.1, -0.05) is 17.7 Å². The van der Waals surface area contributed by atoms with Gasteiger partial charge in [-0.05, 0) is 51.8 Å². The highest BCUT2D eigenvalue weighted by atomic mass is 32.2. The van der Waals surface area contributed by atoms with Gasteiger partial charge in [0.2, 0.25) is 0 Å². The number of nitrogens with one attached hydrogen (secondary N) is 1. The molecule has 0 aliphatic heterocycles. The van der Waals surface area contributed by atoms with Gasteiger partial charge in [-0.25, -0.2) is 0 Å². The monoisotopic (exact) mass is 293 g/mol. The van der Waals surface area contributed by atoms with Gasteiger partial charge in [0, 0.05) is 10.6 Å². The van der Waals surface area contributed by atoms with Crippen LogP contribution in [0.15, 0.2) is 29.2 Å². The van der Waals surface area contributed by atoms with Gasteiger partial charge in [0.05, 0.1) is 6.61 Å². The van der Waals surface area contributed by atoms with Gasteiger partial charge in [-0.2, -0.15) is 0 Å². The van der Waals surface area contributed by atoms with Gasteiger partial charge in [0.25, 0.3) is 0 Å². The molecular formula is C16H23NO2S. The SMILES string of the molecule is CCOC(=O)C(CSc1ccc(C)cc1)(NC)C1CC1. The molecule has 1 saturated carbocycles. The highest BCUT2D eigenvalue weighted by Gasteiger charge is 2.51. The largest absolute Gasteiger partial charge is 0.465 e. The van der Waals surface area contributed by atoms with E-state index in [4.69, 9.17) is 4.74 Å². The molecule has 1 aliphatic rings. The van der Waals surface area contributed by atoms with Crippen LogP contribution in [0.1, 0.15) is 25.3 Å². The van der Waals surface area contributed by atoms with Gasteiger partial charge in [0.1, 0.15) is 5.54 Å². The number of aryl methyl sites for hydroxylation is 1. The normalized spacial score (nSPS) is 17.6. The Kier molecular flexibility index (Phi) is 5.11. The maximum absolute atomic E-state index is 12.4. The number of carbonyl (C=O) groups excluding carboxylic acids is 1. The van der Waals surface area contributed by atoms with E-state index in [0.717, 1.165) is 18.6 Å². The van der Waals surface area contributed by atoms with Crippen LogP contribution < -0.4 is 5.32 Å². The van der Waals surface area contributed by atoms with E-state index in [1.54, 1.807) is 11.8 Å². The molecular weight excluding hydrogens is 270 g/mol. The molecule has 0 aromatic heterocycles. The summed E-state index contributed by atoms with van der Waals surface area (Å²) in [6, 6.07) is 8.42. The first-order valence-electron chi connectivity index (χ1n) is 7.18. The smallest absolute Gasteiger partial charge is 0.327 e. The van der Waals surface area contributed by atoms with Crippen LogP contribution in [0.25, 0.3) is 0 Å². The van der Waals surface area contributed by atoms with Crippen molar-refractivity contribution < 1.29 is 9.53 Å². The van der Waals surface area contributed by atoms with Gasteiger partial charge in [-0.3, -0.25) is 4.79 Å². The molecule has 0 bridgehead atoms. The second-order valence-corrected chi connectivity index (χ2v) is 6.37. The minimum Gasteiger partial charge on any atom is -0.465 e. The third-order valence-corrected chi connectivity index (χ3v) is 5.05. The molecule has 1 unspecified atom stereocenters. The van der Waals surface area contributed by atoms with Crippen molar-refractivity contribution in [2.45, 2.75) is 37.1 Å². The number of hydrogen-bond acceptors (Lipinski definition) is 4. The molecule has 0 amide bonds. The third-order valence-electron chi connectivity index (χ3n) is 3.85. The second-order valence-electron chi connectivity index (χ2n) is 5.32. The first-order valence-corrected chi connectivity index (χ1v) is 8.16. The number of thioether (sulfide) groups is 1. The van der Waals surface area contributed by atoms with E-state index in [-0.39, 0.29) is 5.97 Å². The minimum absolute atomic E-state index is 0.107. The Hall–Kier alpha value is -1.00. The zero-order valence-corrected chi connectivity index (χ0v) is 13.3. The fraction of sp³-hybridized carbons (Fsp3) is 0.562. The highest BCUT2D eigenvalue weighted by Crippen LogP contribution is 2.43. The predicted octanol–water partition coefficient (Wildman–Crippen LogP) is 3.02.